The van der Waals surface area contributed by atoms with Crippen LogP contribution >= 0.6 is 0 Å². The SMILES string of the molecule is CC(C)CCNC(=O)C(C)N1CC[C@H](O)C1. The fraction of sp³-hybridized carbons (Fsp3) is 0.917. The average Bonchev–Trinajstić information content (AvgIpc) is 2.63. The number of rotatable bonds is 5. The van der Waals surface area contributed by atoms with Gasteiger partial charge in [0.15, 0.2) is 0 Å². The Morgan fingerprint density at radius 1 is 1.50 bits per heavy atom. The third-order valence-corrected chi connectivity index (χ3v) is 3.14. The van der Waals surface area contributed by atoms with Gasteiger partial charge in [0.05, 0.1) is 12.1 Å². The minimum Gasteiger partial charge on any atom is -0.392 e. The van der Waals surface area contributed by atoms with Gasteiger partial charge in [-0.3, -0.25) is 9.69 Å². The molecule has 16 heavy (non-hydrogen) atoms. The van der Waals surface area contributed by atoms with E-state index >= 15 is 0 Å². The molecule has 0 radical (unpaired) electrons. The van der Waals surface area contributed by atoms with Crippen LogP contribution in [0.15, 0.2) is 0 Å². The van der Waals surface area contributed by atoms with E-state index in [0.717, 1.165) is 25.9 Å². The molecule has 4 nitrogen and oxygen atoms in total. The van der Waals surface area contributed by atoms with Gasteiger partial charge in [0.2, 0.25) is 5.91 Å². The van der Waals surface area contributed by atoms with Crippen molar-refractivity contribution in [2.75, 3.05) is 19.6 Å². The molecule has 1 aliphatic heterocycles. The molecule has 0 saturated carbocycles. The molecule has 0 spiro atoms. The number of aliphatic hydroxyl groups excluding tert-OH is 1. The summed E-state index contributed by atoms with van der Waals surface area (Å²) < 4.78 is 0. The van der Waals surface area contributed by atoms with Crippen molar-refractivity contribution >= 4 is 5.91 Å². The minimum absolute atomic E-state index is 0.0785. The van der Waals surface area contributed by atoms with Crippen molar-refractivity contribution < 1.29 is 9.90 Å². The van der Waals surface area contributed by atoms with Gasteiger partial charge in [-0.05, 0) is 25.7 Å². The first kappa shape index (κ1) is 13.5. The Labute approximate surface area is 98.0 Å². The fourth-order valence-corrected chi connectivity index (χ4v) is 1.92. The summed E-state index contributed by atoms with van der Waals surface area (Å²) in [5.41, 5.74) is 0. The zero-order valence-corrected chi connectivity index (χ0v) is 10.6. The number of carbonyl (C=O) groups excluding carboxylic acids is 1. The van der Waals surface area contributed by atoms with E-state index in [1.165, 1.54) is 0 Å². The summed E-state index contributed by atoms with van der Waals surface area (Å²) in [6, 6.07) is -0.121. The summed E-state index contributed by atoms with van der Waals surface area (Å²) in [7, 11) is 0. The van der Waals surface area contributed by atoms with Gasteiger partial charge in [0.1, 0.15) is 0 Å². The van der Waals surface area contributed by atoms with E-state index in [2.05, 4.69) is 19.2 Å². The van der Waals surface area contributed by atoms with E-state index in [-0.39, 0.29) is 18.1 Å². The van der Waals surface area contributed by atoms with Gasteiger partial charge in [0, 0.05) is 19.6 Å². The molecule has 2 N–H and O–H groups in total. The molecular formula is C12H24N2O2. The number of β-amino-alcohol motifs (C(OH)–C–C–N with tert-alkyl or cyclic N) is 1. The number of nitrogens with one attached hydrogen (secondary N) is 1. The third kappa shape index (κ3) is 4.10. The molecule has 1 saturated heterocycles. The first-order valence-corrected chi connectivity index (χ1v) is 6.20. The van der Waals surface area contributed by atoms with Crippen molar-refractivity contribution in [3.8, 4) is 0 Å². The quantitative estimate of drug-likeness (QED) is 0.724. The molecule has 1 fully saturated rings. The highest BCUT2D eigenvalue weighted by atomic mass is 16.3. The van der Waals surface area contributed by atoms with E-state index in [9.17, 15) is 9.90 Å². The van der Waals surface area contributed by atoms with E-state index < -0.39 is 0 Å². The van der Waals surface area contributed by atoms with Gasteiger partial charge in [-0.1, -0.05) is 13.8 Å². The van der Waals surface area contributed by atoms with Crippen molar-refractivity contribution in [3.63, 3.8) is 0 Å². The first-order chi connectivity index (χ1) is 7.50. The van der Waals surface area contributed by atoms with Crippen molar-refractivity contribution in [3.05, 3.63) is 0 Å². The van der Waals surface area contributed by atoms with Crippen LogP contribution < -0.4 is 5.32 Å². The lowest BCUT2D eigenvalue weighted by molar-refractivity contribution is -0.125. The zero-order valence-electron chi connectivity index (χ0n) is 10.6. The molecule has 1 amide bonds. The van der Waals surface area contributed by atoms with Gasteiger partial charge < -0.3 is 10.4 Å². The lowest BCUT2D eigenvalue weighted by Crippen LogP contribution is -2.44. The van der Waals surface area contributed by atoms with Gasteiger partial charge in [0.25, 0.3) is 0 Å². The van der Waals surface area contributed by atoms with Crippen LogP contribution in [-0.4, -0.2) is 47.7 Å². The summed E-state index contributed by atoms with van der Waals surface area (Å²) in [5.74, 6) is 0.693. The standard InChI is InChI=1S/C12H24N2O2/c1-9(2)4-6-13-12(16)10(3)14-7-5-11(15)8-14/h9-11,15H,4-8H2,1-3H3,(H,13,16)/t10?,11-/m0/s1. The molecule has 2 atom stereocenters. The lowest BCUT2D eigenvalue weighted by atomic mass is 10.1. The highest BCUT2D eigenvalue weighted by molar-refractivity contribution is 5.81. The van der Waals surface area contributed by atoms with Gasteiger partial charge in [-0.2, -0.15) is 0 Å². The lowest BCUT2D eigenvalue weighted by Gasteiger charge is -2.23. The van der Waals surface area contributed by atoms with Crippen LogP contribution in [0.2, 0.25) is 0 Å². The molecule has 0 aromatic heterocycles. The van der Waals surface area contributed by atoms with Crippen LogP contribution in [0.25, 0.3) is 0 Å². The second-order valence-corrected chi connectivity index (χ2v) is 5.09. The highest BCUT2D eigenvalue weighted by Crippen LogP contribution is 2.12. The number of likely N-dealkylation sites (tertiary alicyclic amines) is 1. The summed E-state index contributed by atoms with van der Waals surface area (Å²) in [6.45, 7) is 8.39. The number of aliphatic hydroxyl groups is 1. The van der Waals surface area contributed by atoms with Crippen LogP contribution in [0, 0.1) is 5.92 Å². The van der Waals surface area contributed by atoms with Crippen LogP contribution in [0.4, 0.5) is 0 Å². The number of hydrogen-bond acceptors (Lipinski definition) is 3. The molecular weight excluding hydrogens is 204 g/mol. The Balaban J connectivity index is 2.25. The molecule has 94 valence electrons. The maximum Gasteiger partial charge on any atom is 0.237 e. The second-order valence-electron chi connectivity index (χ2n) is 5.09. The van der Waals surface area contributed by atoms with Gasteiger partial charge >= 0.3 is 0 Å². The Bertz CT molecular complexity index is 231. The molecule has 1 heterocycles. The molecule has 0 aromatic carbocycles. The predicted molar refractivity (Wildman–Crippen MR) is 64.1 cm³/mol. The molecule has 1 rings (SSSR count). The van der Waals surface area contributed by atoms with Crippen LogP contribution in [0.3, 0.4) is 0 Å². The number of hydrogen-bond donors (Lipinski definition) is 2. The highest BCUT2D eigenvalue weighted by Gasteiger charge is 2.28. The monoisotopic (exact) mass is 228 g/mol. The molecule has 1 unspecified atom stereocenters. The minimum atomic E-state index is -0.258. The Morgan fingerprint density at radius 3 is 2.69 bits per heavy atom. The second kappa shape index (κ2) is 6.21. The Morgan fingerprint density at radius 2 is 2.19 bits per heavy atom. The van der Waals surface area contributed by atoms with Gasteiger partial charge in [-0.15, -0.1) is 0 Å². The topological polar surface area (TPSA) is 52.6 Å². The summed E-state index contributed by atoms with van der Waals surface area (Å²) in [6.07, 6.45) is 1.54. The normalized spacial score (nSPS) is 23.7. The fourth-order valence-electron chi connectivity index (χ4n) is 1.92. The van der Waals surface area contributed by atoms with Crippen molar-refractivity contribution in [1.82, 2.24) is 10.2 Å². The number of carbonyl (C=O) groups is 1. The zero-order chi connectivity index (χ0) is 12.1. The molecule has 1 aliphatic rings. The third-order valence-electron chi connectivity index (χ3n) is 3.14. The summed E-state index contributed by atoms with van der Waals surface area (Å²) >= 11 is 0. The number of amides is 1. The van der Waals surface area contributed by atoms with Crippen molar-refractivity contribution in [2.45, 2.75) is 45.8 Å². The smallest absolute Gasteiger partial charge is 0.237 e. The Hall–Kier alpha value is -0.610. The summed E-state index contributed by atoms with van der Waals surface area (Å²) in [5, 5.41) is 12.3. The van der Waals surface area contributed by atoms with E-state index in [1.807, 2.05) is 11.8 Å². The number of nitrogens with zero attached hydrogens (tertiary/aromatic N) is 1. The molecule has 4 heteroatoms. The largest absolute Gasteiger partial charge is 0.392 e. The predicted octanol–water partition coefficient (Wildman–Crippen LogP) is 0.604. The van der Waals surface area contributed by atoms with Gasteiger partial charge in [-0.25, -0.2) is 0 Å². The van der Waals surface area contributed by atoms with E-state index in [4.69, 9.17) is 0 Å². The summed E-state index contributed by atoms with van der Waals surface area (Å²) in [4.78, 5) is 13.8. The maximum atomic E-state index is 11.8. The molecule has 0 bridgehead atoms. The van der Waals surface area contributed by atoms with Crippen molar-refractivity contribution in [1.29, 1.82) is 0 Å². The van der Waals surface area contributed by atoms with E-state index in [0.29, 0.717) is 12.5 Å². The van der Waals surface area contributed by atoms with E-state index in [1.54, 1.807) is 0 Å². The Kier molecular flexibility index (Phi) is 5.22. The molecule has 0 aromatic rings. The maximum absolute atomic E-state index is 11.8. The van der Waals surface area contributed by atoms with Crippen LogP contribution in [-0.2, 0) is 4.79 Å². The average molecular weight is 228 g/mol. The van der Waals surface area contributed by atoms with Crippen molar-refractivity contribution in [2.24, 2.45) is 5.92 Å². The molecule has 0 aliphatic carbocycles. The van der Waals surface area contributed by atoms with Crippen LogP contribution in [0.5, 0.6) is 0 Å². The van der Waals surface area contributed by atoms with Crippen LogP contribution in [0.1, 0.15) is 33.6 Å². The first-order valence-electron chi connectivity index (χ1n) is 6.20.